The molecule has 0 saturated carbocycles. The topological polar surface area (TPSA) is 63.6 Å². The van der Waals surface area contributed by atoms with Crippen molar-refractivity contribution in [3.8, 4) is 0 Å². The van der Waals surface area contributed by atoms with Gasteiger partial charge in [-0.15, -0.1) is 0 Å². The third-order valence-electron chi connectivity index (χ3n) is 10.8. The molecule has 50 heavy (non-hydrogen) atoms. The zero-order valence-corrected chi connectivity index (χ0v) is 34.2. The Balaban J connectivity index is 3.69. The monoisotopic (exact) mass is 707 g/mol. The van der Waals surface area contributed by atoms with Crippen molar-refractivity contribution in [1.29, 1.82) is 0 Å². The second-order valence-electron chi connectivity index (χ2n) is 16.0. The third kappa shape index (κ3) is 41.4. The molecule has 0 saturated heterocycles. The molecule has 0 radical (unpaired) electrons. The van der Waals surface area contributed by atoms with Gasteiger partial charge in [-0.1, -0.05) is 226 Å². The predicted molar refractivity (Wildman–Crippen MR) is 218 cm³/mol. The molecule has 4 heteroatoms. The van der Waals surface area contributed by atoms with Crippen molar-refractivity contribution in [2.45, 2.75) is 283 Å². The molecule has 4 nitrogen and oxygen atoms in total. The molecule has 298 valence electrons. The van der Waals surface area contributed by atoms with Crippen LogP contribution in [-0.4, -0.2) is 23.1 Å². The molecule has 0 aliphatic heterocycles. The quantitative estimate of drug-likeness (QED) is 0.0506. The summed E-state index contributed by atoms with van der Waals surface area (Å²) in [5.41, 5.74) is 0. The summed E-state index contributed by atoms with van der Waals surface area (Å²) in [5, 5.41) is 8.69. The number of carbonyl (C=O) groups is 2. The van der Waals surface area contributed by atoms with E-state index in [1.165, 1.54) is 218 Å². The molecule has 1 unspecified atom stereocenters. The van der Waals surface area contributed by atoms with Crippen LogP contribution in [0, 0.1) is 0 Å². The summed E-state index contributed by atoms with van der Waals surface area (Å²) in [6, 6.07) is 0. The van der Waals surface area contributed by atoms with Gasteiger partial charge in [0.1, 0.15) is 6.10 Å². The largest absolute Gasteiger partial charge is 0.481 e. The van der Waals surface area contributed by atoms with Gasteiger partial charge in [0.2, 0.25) is 0 Å². The van der Waals surface area contributed by atoms with Gasteiger partial charge < -0.3 is 9.84 Å². The minimum Gasteiger partial charge on any atom is -0.481 e. The normalized spacial score (nSPS) is 12.0. The minimum atomic E-state index is -0.663. The number of unbranched alkanes of at least 4 members (excludes halogenated alkanes) is 34. The van der Waals surface area contributed by atoms with Crippen molar-refractivity contribution < 1.29 is 19.4 Å². The first kappa shape index (κ1) is 48.9. The highest BCUT2D eigenvalue weighted by molar-refractivity contribution is 5.69. The Morgan fingerprint density at radius 2 is 0.600 bits per heavy atom. The van der Waals surface area contributed by atoms with Crippen molar-refractivity contribution in [1.82, 2.24) is 0 Å². The Morgan fingerprint density at radius 1 is 0.360 bits per heavy atom. The predicted octanol–water partition coefficient (Wildman–Crippen LogP) is 16.0. The Hall–Kier alpha value is -1.06. The van der Waals surface area contributed by atoms with E-state index in [0.29, 0.717) is 12.8 Å². The maximum Gasteiger partial charge on any atom is 0.306 e. The zero-order chi connectivity index (χ0) is 36.4. The van der Waals surface area contributed by atoms with Crippen LogP contribution in [0.1, 0.15) is 277 Å². The van der Waals surface area contributed by atoms with Crippen LogP contribution in [0.5, 0.6) is 0 Å². The smallest absolute Gasteiger partial charge is 0.306 e. The van der Waals surface area contributed by atoms with Crippen LogP contribution in [0.25, 0.3) is 0 Å². The van der Waals surface area contributed by atoms with E-state index in [0.717, 1.165) is 32.1 Å². The molecular weight excluding hydrogens is 617 g/mol. The molecule has 0 heterocycles. The van der Waals surface area contributed by atoms with E-state index >= 15 is 0 Å². The minimum absolute atomic E-state index is 0.0515. The van der Waals surface area contributed by atoms with Crippen LogP contribution in [-0.2, 0) is 14.3 Å². The molecule has 0 aliphatic carbocycles. The third-order valence-corrected chi connectivity index (χ3v) is 10.8. The number of carbonyl (C=O) groups excluding carboxylic acids is 1. The second-order valence-corrected chi connectivity index (χ2v) is 16.0. The fourth-order valence-corrected chi connectivity index (χ4v) is 7.42. The van der Waals surface area contributed by atoms with E-state index in [9.17, 15) is 9.59 Å². The average molecular weight is 707 g/mol. The molecule has 0 fully saturated rings. The van der Waals surface area contributed by atoms with Crippen molar-refractivity contribution in [2.75, 3.05) is 0 Å². The highest BCUT2D eigenvalue weighted by Crippen LogP contribution is 2.19. The van der Waals surface area contributed by atoms with Crippen LogP contribution in [0.15, 0.2) is 0 Å². The Labute approximate surface area is 313 Å². The molecule has 1 N–H and O–H groups in total. The molecule has 0 aromatic carbocycles. The van der Waals surface area contributed by atoms with Crippen molar-refractivity contribution in [3.63, 3.8) is 0 Å². The first-order chi connectivity index (χ1) is 24.6. The van der Waals surface area contributed by atoms with Gasteiger partial charge in [-0.3, -0.25) is 9.59 Å². The molecule has 0 spiro atoms. The Kier molecular flexibility index (Phi) is 41.5. The van der Waals surface area contributed by atoms with Crippen LogP contribution < -0.4 is 0 Å². The van der Waals surface area contributed by atoms with Gasteiger partial charge in [-0.2, -0.15) is 0 Å². The molecule has 1 atom stereocenters. The summed E-state index contributed by atoms with van der Waals surface area (Å²) in [4.78, 5) is 23.2. The lowest BCUT2D eigenvalue weighted by atomic mass is 10.0. The molecule has 0 bridgehead atoms. The maximum atomic E-state index is 12.7. The van der Waals surface area contributed by atoms with Crippen molar-refractivity contribution in [2.24, 2.45) is 0 Å². The molecule has 0 amide bonds. The number of carboxylic acid groups (broad SMARTS) is 1. The van der Waals surface area contributed by atoms with E-state index in [4.69, 9.17) is 9.84 Å². The maximum absolute atomic E-state index is 12.7. The van der Waals surface area contributed by atoms with E-state index in [1.54, 1.807) is 0 Å². The number of aliphatic carboxylic acids is 1. The van der Waals surface area contributed by atoms with Crippen LogP contribution >= 0.6 is 0 Å². The summed E-state index contributed by atoms with van der Waals surface area (Å²) in [6.45, 7) is 4.55. The Bertz CT molecular complexity index is 677. The second kappa shape index (κ2) is 42.4. The van der Waals surface area contributed by atoms with E-state index in [-0.39, 0.29) is 12.1 Å². The number of esters is 1. The molecule has 0 aromatic rings. The van der Waals surface area contributed by atoms with E-state index in [2.05, 4.69) is 13.8 Å². The summed E-state index contributed by atoms with van der Waals surface area (Å²) in [5.74, 6) is -0.611. The first-order valence-electron chi connectivity index (χ1n) is 23.0. The molecular formula is C46H90O4. The zero-order valence-electron chi connectivity index (χ0n) is 34.2. The first-order valence-corrected chi connectivity index (χ1v) is 23.0. The van der Waals surface area contributed by atoms with Gasteiger partial charge in [0.05, 0.1) is 0 Å². The fraction of sp³-hybridized carbons (Fsp3) is 0.957. The lowest BCUT2D eigenvalue weighted by molar-refractivity contribution is -0.150. The van der Waals surface area contributed by atoms with Crippen LogP contribution in [0.2, 0.25) is 0 Å². The average Bonchev–Trinajstić information content (AvgIpc) is 3.10. The highest BCUT2D eigenvalue weighted by Gasteiger charge is 2.14. The summed E-state index contributed by atoms with van der Waals surface area (Å²) >= 11 is 0. The van der Waals surface area contributed by atoms with E-state index in [1.807, 2.05) is 0 Å². The molecule has 0 rings (SSSR count). The van der Waals surface area contributed by atoms with Gasteiger partial charge in [-0.25, -0.2) is 0 Å². The van der Waals surface area contributed by atoms with Crippen LogP contribution in [0.4, 0.5) is 0 Å². The number of ether oxygens (including phenoxy) is 1. The van der Waals surface area contributed by atoms with Gasteiger partial charge in [0, 0.05) is 12.8 Å². The fourth-order valence-electron chi connectivity index (χ4n) is 7.42. The van der Waals surface area contributed by atoms with Crippen LogP contribution in [0.3, 0.4) is 0 Å². The number of hydrogen-bond acceptors (Lipinski definition) is 3. The standard InChI is InChI=1S/C46H90O4/c1-3-5-7-9-10-11-12-13-14-15-16-17-18-23-26-29-32-35-39-43-46(49)50-44(40-36-8-6-4-2)41-37-33-30-27-24-21-19-20-22-25-28-31-34-38-42-45(47)48/h44H,3-43H2,1-2H3,(H,47,48). The SMILES string of the molecule is CCCCCCCCCCCCCCCCCCCCCC(=O)OC(CCCCCC)CCCCCCCCCCCCCCCCC(=O)O. The number of carboxylic acids is 1. The summed E-state index contributed by atoms with van der Waals surface area (Å²) in [7, 11) is 0. The molecule has 0 aliphatic rings. The van der Waals surface area contributed by atoms with Gasteiger partial charge in [0.25, 0.3) is 0 Å². The lowest BCUT2D eigenvalue weighted by Gasteiger charge is -2.18. The van der Waals surface area contributed by atoms with Crippen molar-refractivity contribution in [3.05, 3.63) is 0 Å². The lowest BCUT2D eigenvalue weighted by Crippen LogP contribution is -2.18. The van der Waals surface area contributed by atoms with Gasteiger partial charge in [0.15, 0.2) is 0 Å². The number of hydrogen-bond donors (Lipinski definition) is 1. The summed E-state index contributed by atoms with van der Waals surface area (Å²) in [6.07, 6.45) is 51.8. The number of rotatable bonds is 43. The molecule has 0 aromatic heterocycles. The summed E-state index contributed by atoms with van der Waals surface area (Å²) < 4.78 is 6.03. The van der Waals surface area contributed by atoms with Gasteiger partial charge in [-0.05, 0) is 38.5 Å². The Morgan fingerprint density at radius 3 is 0.900 bits per heavy atom. The van der Waals surface area contributed by atoms with Gasteiger partial charge >= 0.3 is 11.9 Å². The van der Waals surface area contributed by atoms with Crippen molar-refractivity contribution >= 4 is 11.9 Å². The van der Waals surface area contributed by atoms with E-state index < -0.39 is 5.97 Å². The highest BCUT2D eigenvalue weighted by atomic mass is 16.5.